The van der Waals surface area contributed by atoms with E-state index in [1.54, 1.807) is 58.5 Å². The predicted octanol–water partition coefficient (Wildman–Crippen LogP) is 13.3. The molecule has 6 aromatic carbocycles. The minimum absolute atomic E-state index is 0.0729. The number of benzene rings is 6. The lowest BCUT2D eigenvalue weighted by Crippen LogP contribution is -2.51. The number of thiazole rings is 2. The maximum absolute atomic E-state index is 14.8. The van der Waals surface area contributed by atoms with Gasteiger partial charge in [-0.3, -0.25) is 20.2 Å². The Morgan fingerprint density at radius 2 is 0.989 bits per heavy atom. The van der Waals surface area contributed by atoms with Crippen LogP contribution in [0.2, 0.25) is 0 Å². The molecule has 0 saturated heterocycles. The highest BCUT2D eigenvalue weighted by Gasteiger charge is 2.33. The Labute approximate surface area is 552 Å². The summed E-state index contributed by atoms with van der Waals surface area (Å²) in [6.07, 6.45) is -2.58. The van der Waals surface area contributed by atoms with Gasteiger partial charge in [0.1, 0.15) is 23.9 Å². The highest BCUT2D eigenvalue weighted by atomic mass is 32.1. The van der Waals surface area contributed by atoms with Crippen molar-refractivity contribution in [3.05, 3.63) is 178 Å². The normalized spacial score (nSPS) is 13.3. The summed E-state index contributed by atoms with van der Waals surface area (Å²) in [5.74, 6) is -0.704. The molecule has 20 nitrogen and oxygen atoms in total. The Hall–Kier alpha value is -8.35. The van der Waals surface area contributed by atoms with Gasteiger partial charge in [-0.05, 0) is 132 Å². The highest BCUT2D eigenvalue weighted by Crippen LogP contribution is 2.44. The largest absolute Gasteiger partial charge is 0.449 e. The van der Waals surface area contributed by atoms with Crippen molar-refractivity contribution in [1.82, 2.24) is 25.1 Å². The number of ether oxygens (including phenoxy) is 7. The van der Waals surface area contributed by atoms with Gasteiger partial charge in [0.25, 0.3) is 0 Å². The van der Waals surface area contributed by atoms with Crippen LogP contribution in [-0.2, 0) is 68.7 Å². The summed E-state index contributed by atoms with van der Waals surface area (Å²) in [5, 5.41) is 9.13. The quantitative estimate of drug-likeness (QED) is 0.0307. The van der Waals surface area contributed by atoms with E-state index in [1.165, 1.54) is 29.8 Å². The number of alkyl carbamates (subject to hydrolysis) is 1. The molecule has 0 radical (unpaired) electrons. The lowest BCUT2D eigenvalue weighted by molar-refractivity contribution is -0.153. The van der Waals surface area contributed by atoms with Crippen LogP contribution in [-0.4, -0.2) is 133 Å². The number of carbonyl (C=O) groups excluding carboxylic acids is 5. The van der Waals surface area contributed by atoms with E-state index in [2.05, 4.69) is 45.2 Å². The standard InChI is InChI=1S/C43H48N4O7S.C28H38N4O5S/c1-7-52-37(51-6)25-47(24-29-13-12-18-36-38(29)45-40(55-36)46-42(50)54-43(3,4)5)39(48)35(23-28-21-19-27(2)20-22-28)44-41(49)53-26-34-32-16-10-8-14-30(32)31-15-9-11-17-33(31)34;1-7-36-23(35-6)17-32(25(33)21(29)15-19-13-11-18(2)12-14-19)16-20-9-8-10-22-24(20)30-26(38-22)31-27(34)37-28(3,4)5/h8-22,34-35,37H,7,23-26H2,1-6H3,(H,44,49)(H,45,46,50);8-14,21,23H,7,15-17,29H2,1-6H3,(H,30,31,34)/t35-,37?;21-,23?/m10/s1. The van der Waals surface area contributed by atoms with Crippen LogP contribution in [0.1, 0.15) is 106 Å². The monoisotopic (exact) mass is 1310 g/mol. The van der Waals surface area contributed by atoms with Crippen LogP contribution >= 0.6 is 22.7 Å². The molecule has 494 valence electrons. The first-order valence-electron chi connectivity index (χ1n) is 31.0. The molecule has 22 heteroatoms. The van der Waals surface area contributed by atoms with Gasteiger partial charge in [-0.25, -0.2) is 24.4 Å². The van der Waals surface area contributed by atoms with E-state index in [1.807, 2.05) is 137 Å². The van der Waals surface area contributed by atoms with E-state index in [0.717, 1.165) is 65.0 Å². The number of nitrogens with zero attached hydrogens (tertiary/aromatic N) is 4. The number of anilines is 2. The van der Waals surface area contributed by atoms with E-state index in [0.29, 0.717) is 40.9 Å². The van der Waals surface area contributed by atoms with Gasteiger partial charge in [0.05, 0.1) is 39.6 Å². The minimum Gasteiger partial charge on any atom is -0.449 e. The molecule has 5 amide bonds. The third kappa shape index (κ3) is 20.1. The lowest BCUT2D eigenvalue weighted by Gasteiger charge is -2.31. The van der Waals surface area contributed by atoms with Crippen molar-refractivity contribution in [1.29, 1.82) is 0 Å². The SMILES string of the molecule is CCOC(CN(Cc1cccc2sc(NC(=O)OC(C)(C)C)nc12)C(=O)[C@@H](Cc1ccc(C)cc1)NC(=O)OCC1c2ccccc2-c2ccccc21)OC.CCOC(CN(Cc1cccc2sc(NC(=O)OC(C)(C)C)nc12)C(=O)[C@@H](N)Cc1ccc(C)cc1)OC. The number of amides is 5. The zero-order valence-electron chi connectivity index (χ0n) is 55.0. The molecule has 0 spiro atoms. The van der Waals surface area contributed by atoms with Gasteiger partial charge < -0.3 is 54.0 Å². The number of methoxy groups -OCH3 is 2. The second-order valence-electron chi connectivity index (χ2n) is 24.5. The number of nitrogens with one attached hydrogen (secondary N) is 3. The summed E-state index contributed by atoms with van der Waals surface area (Å²) >= 11 is 2.64. The van der Waals surface area contributed by atoms with Gasteiger partial charge in [-0.15, -0.1) is 0 Å². The van der Waals surface area contributed by atoms with Gasteiger partial charge in [-0.2, -0.15) is 0 Å². The maximum atomic E-state index is 14.8. The molecule has 8 aromatic rings. The van der Waals surface area contributed by atoms with E-state index < -0.39 is 54.1 Å². The number of aryl methyl sites for hydroxylation is 2. The van der Waals surface area contributed by atoms with Crippen LogP contribution in [0, 0.1) is 13.8 Å². The summed E-state index contributed by atoms with van der Waals surface area (Å²) in [7, 11) is 3.07. The fourth-order valence-corrected chi connectivity index (χ4v) is 12.4. The van der Waals surface area contributed by atoms with Gasteiger partial charge in [0, 0.05) is 52.9 Å². The third-order valence-corrected chi connectivity index (χ3v) is 16.8. The number of aromatic nitrogens is 2. The summed E-state index contributed by atoms with van der Waals surface area (Å²) < 4.78 is 41.0. The number of nitrogens with two attached hydrogens (primary N) is 1. The van der Waals surface area contributed by atoms with Crippen LogP contribution in [0.25, 0.3) is 31.6 Å². The summed E-state index contributed by atoms with van der Waals surface area (Å²) in [4.78, 5) is 79.5. The molecule has 1 aliphatic carbocycles. The molecule has 0 saturated carbocycles. The molecule has 2 unspecified atom stereocenters. The van der Waals surface area contributed by atoms with Gasteiger partial charge in [0.15, 0.2) is 22.8 Å². The average Bonchev–Trinajstić information content (AvgIpc) is 1.66. The molecule has 2 aromatic heterocycles. The van der Waals surface area contributed by atoms with Crippen molar-refractivity contribution in [3.8, 4) is 11.1 Å². The van der Waals surface area contributed by atoms with Crippen LogP contribution < -0.4 is 21.7 Å². The topological polar surface area (TPSA) is 244 Å². The molecule has 0 bridgehead atoms. The van der Waals surface area contributed by atoms with Gasteiger partial charge in [0.2, 0.25) is 11.8 Å². The first-order valence-corrected chi connectivity index (χ1v) is 32.7. The Kier molecular flexibility index (Phi) is 24.6. The second-order valence-corrected chi connectivity index (χ2v) is 26.6. The van der Waals surface area contributed by atoms with Crippen LogP contribution in [0.15, 0.2) is 133 Å². The zero-order valence-corrected chi connectivity index (χ0v) is 56.7. The first-order chi connectivity index (χ1) is 44.4. The van der Waals surface area contributed by atoms with Gasteiger partial charge >= 0.3 is 18.3 Å². The molecule has 93 heavy (non-hydrogen) atoms. The van der Waals surface area contributed by atoms with Crippen molar-refractivity contribution in [3.63, 3.8) is 0 Å². The molecule has 1 aliphatic rings. The predicted molar refractivity (Wildman–Crippen MR) is 364 cm³/mol. The summed E-state index contributed by atoms with van der Waals surface area (Å²) in [6.45, 7) is 20.1. The first kappa shape index (κ1) is 70.5. The van der Waals surface area contributed by atoms with Crippen LogP contribution in [0.4, 0.5) is 24.6 Å². The van der Waals surface area contributed by atoms with E-state index >= 15 is 0 Å². The number of para-hydroxylation sites is 2. The second kappa shape index (κ2) is 32.5. The van der Waals surface area contributed by atoms with Gasteiger partial charge in [-0.1, -0.05) is 155 Å². The van der Waals surface area contributed by atoms with Crippen LogP contribution in [0.5, 0.6) is 0 Å². The van der Waals surface area contributed by atoms with E-state index in [9.17, 15) is 24.0 Å². The number of hydrogen-bond acceptors (Lipinski definition) is 17. The summed E-state index contributed by atoms with van der Waals surface area (Å²) in [5.41, 5.74) is 16.5. The lowest BCUT2D eigenvalue weighted by atomic mass is 9.98. The molecular formula is C71H86N8O12S2. The van der Waals surface area contributed by atoms with Crippen LogP contribution in [0.3, 0.4) is 0 Å². The Balaban J connectivity index is 0.000000256. The fourth-order valence-electron chi connectivity index (χ4n) is 10.6. The summed E-state index contributed by atoms with van der Waals surface area (Å²) in [6, 6.07) is 41.8. The smallest absolute Gasteiger partial charge is 0.413 e. The highest BCUT2D eigenvalue weighted by molar-refractivity contribution is 7.22. The van der Waals surface area contributed by atoms with E-state index in [4.69, 9.17) is 43.9 Å². The average molecular weight is 1310 g/mol. The fraction of sp³-hybridized carbons (Fsp3) is 0.394. The Bertz CT molecular complexity index is 3780. The Morgan fingerprint density at radius 1 is 0.559 bits per heavy atom. The van der Waals surface area contributed by atoms with Crippen molar-refractivity contribution in [2.75, 3.05) is 57.8 Å². The maximum Gasteiger partial charge on any atom is 0.413 e. The van der Waals surface area contributed by atoms with Crippen molar-refractivity contribution >= 4 is 83.5 Å². The molecule has 0 aliphatic heterocycles. The number of carbonyl (C=O) groups is 5. The number of fused-ring (bicyclic) bond motifs is 5. The van der Waals surface area contributed by atoms with Crippen molar-refractivity contribution in [2.45, 2.75) is 137 Å². The molecule has 0 fully saturated rings. The molecule has 4 atom stereocenters. The third-order valence-electron chi connectivity index (χ3n) is 14.9. The molecule has 2 heterocycles. The molecular weight excluding hydrogens is 1220 g/mol. The number of hydrogen-bond donors (Lipinski definition) is 4. The molecule has 9 rings (SSSR count). The molecule has 5 N–H and O–H groups in total. The van der Waals surface area contributed by atoms with Crippen molar-refractivity contribution in [2.24, 2.45) is 5.73 Å². The van der Waals surface area contributed by atoms with Crippen molar-refractivity contribution < 1.29 is 57.1 Å². The zero-order chi connectivity index (χ0) is 67.0. The van der Waals surface area contributed by atoms with E-state index in [-0.39, 0.29) is 56.9 Å². The number of rotatable bonds is 25. The Morgan fingerprint density at radius 3 is 1.42 bits per heavy atom. The minimum atomic E-state index is -0.989.